The molecule has 1 N–H and O–H groups in total. The molecule has 0 aliphatic carbocycles. The average molecular weight is 408 g/mol. The first-order valence-electron chi connectivity index (χ1n) is 9.19. The van der Waals surface area contributed by atoms with Gasteiger partial charge in [-0.3, -0.25) is 4.79 Å². The van der Waals surface area contributed by atoms with Gasteiger partial charge in [-0.05, 0) is 48.0 Å². The van der Waals surface area contributed by atoms with Gasteiger partial charge in [0.05, 0.1) is 13.3 Å². The van der Waals surface area contributed by atoms with Crippen molar-refractivity contribution in [2.24, 2.45) is 5.16 Å². The first-order chi connectivity index (χ1) is 14.6. The van der Waals surface area contributed by atoms with E-state index < -0.39 is 5.91 Å². The maximum Gasteiger partial charge on any atom is 0.265 e. The first-order valence-corrected chi connectivity index (χ1v) is 9.19. The number of benzene rings is 3. The Balaban J connectivity index is 1.50. The molecule has 0 saturated carbocycles. The monoisotopic (exact) mass is 408 g/mol. The third-order valence-electron chi connectivity index (χ3n) is 4.02. The Labute approximate surface area is 173 Å². The minimum absolute atomic E-state index is 0.275. The molecule has 0 radical (unpaired) electrons. The van der Waals surface area contributed by atoms with Gasteiger partial charge in [0.1, 0.15) is 12.4 Å². The van der Waals surface area contributed by atoms with Gasteiger partial charge in [0.15, 0.2) is 18.1 Å². The van der Waals surface area contributed by atoms with E-state index in [1.165, 1.54) is 30.5 Å². The van der Waals surface area contributed by atoms with Crippen molar-refractivity contribution in [2.45, 2.75) is 6.61 Å². The molecular weight excluding hydrogens is 387 g/mol. The molecule has 30 heavy (non-hydrogen) atoms. The van der Waals surface area contributed by atoms with Crippen LogP contribution in [0, 0.1) is 5.82 Å². The van der Waals surface area contributed by atoms with Gasteiger partial charge in [-0.15, -0.1) is 0 Å². The number of ether oxygens (including phenoxy) is 2. The molecule has 0 saturated heterocycles. The van der Waals surface area contributed by atoms with Crippen LogP contribution in [0.5, 0.6) is 11.5 Å². The van der Waals surface area contributed by atoms with E-state index in [0.29, 0.717) is 23.8 Å². The topological polar surface area (TPSA) is 69.2 Å². The summed E-state index contributed by atoms with van der Waals surface area (Å²) in [5.41, 5.74) is 2.25. The number of hydrogen-bond donors (Lipinski definition) is 1. The van der Waals surface area contributed by atoms with Crippen LogP contribution in [0.2, 0.25) is 0 Å². The van der Waals surface area contributed by atoms with E-state index in [0.717, 1.165) is 11.1 Å². The highest BCUT2D eigenvalue weighted by atomic mass is 19.1. The van der Waals surface area contributed by atoms with Crippen molar-refractivity contribution in [3.8, 4) is 11.5 Å². The largest absolute Gasteiger partial charge is 0.493 e. The quantitative estimate of drug-likeness (QED) is 0.421. The lowest BCUT2D eigenvalue weighted by atomic mass is 10.2. The fraction of sp³-hybridized carbons (Fsp3) is 0.130. The minimum Gasteiger partial charge on any atom is -0.493 e. The van der Waals surface area contributed by atoms with Crippen molar-refractivity contribution in [3.63, 3.8) is 0 Å². The predicted octanol–water partition coefficient (Wildman–Crippen LogP) is 4.40. The molecule has 3 rings (SSSR count). The zero-order valence-corrected chi connectivity index (χ0v) is 16.4. The summed E-state index contributed by atoms with van der Waals surface area (Å²) in [7, 11) is 1.56. The predicted molar refractivity (Wildman–Crippen MR) is 112 cm³/mol. The van der Waals surface area contributed by atoms with Gasteiger partial charge in [0.25, 0.3) is 5.91 Å². The summed E-state index contributed by atoms with van der Waals surface area (Å²) in [4.78, 5) is 16.8. The summed E-state index contributed by atoms with van der Waals surface area (Å²) >= 11 is 0. The van der Waals surface area contributed by atoms with Crippen LogP contribution in [0.15, 0.2) is 78.0 Å². The Morgan fingerprint density at radius 2 is 1.80 bits per heavy atom. The van der Waals surface area contributed by atoms with Gasteiger partial charge in [0.2, 0.25) is 0 Å². The lowest BCUT2D eigenvalue weighted by molar-refractivity contribution is -0.120. The number of anilines is 1. The molecule has 0 heterocycles. The maximum absolute atomic E-state index is 12.9. The molecule has 0 unspecified atom stereocenters. The van der Waals surface area contributed by atoms with E-state index in [9.17, 15) is 9.18 Å². The summed E-state index contributed by atoms with van der Waals surface area (Å²) in [6.07, 6.45) is 1.47. The van der Waals surface area contributed by atoms with E-state index in [1.807, 2.05) is 30.3 Å². The molecule has 6 nitrogen and oxygen atoms in total. The molecule has 0 bridgehead atoms. The van der Waals surface area contributed by atoms with Gasteiger partial charge >= 0.3 is 0 Å². The van der Waals surface area contributed by atoms with E-state index in [2.05, 4.69) is 10.5 Å². The number of nitrogens with zero attached hydrogens (tertiary/aromatic N) is 1. The van der Waals surface area contributed by atoms with Crippen LogP contribution < -0.4 is 14.8 Å². The van der Waals surface area contributed by atoms with Crippen LogP contribution in [0.4, 0.5) is 10.1 Å². The Kier molecular flexibility index (Phi) is 7.38. The van der Waals surface area contributed by atoms with Crippen LogP contribution in [0.3, 0.4) is 0 Å². The zero-order valence-electron chi connectivity index (χ0n) is 16.4. The van der Waals surface area contributed by atoms with E-state index in [-0.39, 0.29) is 12.4 Å². The lowest BCUT2D eigenvalue weighted by Gasteiger charge is -2.11. The second kappa shape index (κ2) is 10.6. The van der Waals surface area contributed by atoms with Gasteiger partial charge < -0.3 is 19.6 Å². The van der Waals surface area contributed by atoms with Crippen LogP contribution >= 0.6 is 0 Å². The molecule has 7 heteroatoms. The molecule has 0 fully saturated rings. The standard InChI is InChI=1S/C23H21FN2O4/c1-28-22-13-18(7-12-21(22)29-15-17-5-3-2-4-6-17)14-25-30-16-23(27)26-20-10-8-19(24)9-11-20/h2-14H,15-16H2,1H3,(H,26,27)/b25-14-. The highest BCUT2D eigenvalue weighted by Crippen LogP contribution is 2.28. The number of methoxy groups -OCH3 is 1. The number of carbonyl (C=O) groups excluding carboxylic acids is 1. The summed E-state index contributed by atoms with van der Waals surface area (Å²) in [5, 5.41) is 6.37. The molecule has 0 aromatic heterocycles. The fourth-order valence-electron chi connectivity index (χ4n) is 2.54. The molecule has 0 spiro atoms. The smallest absolute Gasteiger partial charge is 0.265 e. The molecule has 0 aliphatic heterocycles. The Morgan fingerprint density at radius 1 is 1.03 bits per heavy atom. The molecule has 154 valence electrons. The Bertz CT molecular complexity index is 992. The highest BCUT2D eigenvalue weighted by Gasteiger charge is 2.06. The number of nitrogens with one attached hydrogen (secondary N) is 1. The van der Waals surface area contributed by atoms with E-state index in [1.54, 1.807) is 25.3 Å². The average Bonchev–Trinajstić information content (AvgIpc) is 2.78. The van der Waals surface area contributed by atoms with Gasteiger partial charge in [-0.25, -0.2) is 4.39 Å². The Morgan fingerprint density at radius 3 is 2.53 bits per heavy atom. The fourth-order valence-corrected chi connectivity index (χ4v) is 2.54. The maximum atomic E-state index is 12.9. The second-order valence-corrected chi connectivity index (χ2v) is 6.25. The van der Waals surface area contributed by atoms with Crippen molar-refractivity contribution in [2.75, 3.05) is 19.0 Å². The van der Waals surface area contributed by atoms with Crippen LogP contribution in [0.25, 0.3) is 0 Å². The summed E-state index contributed by atoms with van der Waals surface area (Å²) in [5.74, 6) is 0.392. The summed E-state index contributed by atoms with van der Waals surface area (Å²) < 4.78 is 24.0. The number of carbonyl (C=O) groups is 1. The number of oxime groups is 1. The Hall–Kier alpha value is -3.87. The van der Waals surface area contributed by atoms with Crippen LogP contribution in [0.1, 0.15) is 11.1 Å². The van der Waals surface area contributed by atoms with Crippen LogP contribution in [-0.2, 0) is 16.2 Å². The third-order valence-corrected chi connectivity index (χ3v) is 4.02. The third kappa shape index (κ3) is 6.34. The minimum atomic E-state index is -0.402. The number of rotatable bonds is 9. The van der Waals surface area contributed by atoms with E-state index >= 15 is 0 Å². The van der Waals surface area contributed by atoms with Crippen molar-refractivity contribution in [3.05, 3.63) is 89.7 Å². The molecule has 1 amide bonds. The lowest BCUT2D eigenvalue weighted by Crippen LogP contribution is -2.16. The summed E-state index contributed by atoms with van der Waals surface area (Å²) in [6.45, 7) is 0.153. The number of amides is 1. The first kappa shape index (κ1) is 20.9. The van der Waals surface area contributed by atoms with Crippen molar-refractivity contribution < 1.29 is 23.5 Å². The molecule has 0 atom stereocenters. The number of halogens is 1. The zero-order chi connectivity index (χ0) is 21.2. The van der Waals surface area contributed by atoms with Crippen molar-refractivity contribution in [1.82, 2.24) is 0 Å². The van der Waals surface area contributed by atoms with E-state index in [4.69, 9.17) is 14.3 Å². The van der Waals surface area contributed by atoms with Crippen LogP contribution in [-0.4, -0.2) is 25.8 Å². The van der Waals surface area contributed by atoms with Gasteiger partial charge in [0, 0.05) is 11.3 Å². The molecule has 3 aromatic rings. The number of hydrogen-bond acceptors (Lipinski definition) is 5. The van der Waals surface area contributed by atoms with Crippen molar-refractivity contribution >= 4 is 17.8 Å². The van der Waals surface area contributed by atoms with Crippen molar-refractivity contribution in [1.29, 1.82) is 0 Å². The summed E-state index contributed by atoms with van der Waals surface area (Å²) in [6, 6.07) is 20.6. The second-order valence-electron chi connectivity index (χ2n) is 6.25. The SMILES string of the molecule is COc1cc(/C=N\OCC(=O)Nc2ccc(F)cc2)ccc1OCc1ccccc1. The van der Waals surface area contributed by atoms with Gasteiger partial charge in [-0.1, -0.05) is 35.5 Å². The molecule has 3 aromatic carbocycles. The van der Waals surface area contributed by atoms with Gasteiger partial charge in [-0.2, -0.15) is 0 Å². The molecule has 0 aliphatic rings. The normalized spacial score (nSPS) is 10.6. The highest BCUT2D eigenvalue weighted by molar-refractivity contribution is 5.91. The molecular formula is C23H21FN2O4.